The monoisotopic (exact) mass is 570 g/mol. The molecule has 0 fully saturated rings. The van der Waals surface area contributed by atoms with Crippen LogP contribution in [0.4, 0.5) is 4.39 Å². The van der Waals surface area contributed by atoms with Crippen LogP contribution in [-0.2, 0) is 11.4 Å². The third-order valence-corrected chi connectivity index (χ3v) is 5.79. The molecule has 1 amide bonds. The number of benzene rings is 3. The summed E-state index contributed by atoms with van der Waals surface area (Å²) < 4.78 is 26.3. The van der Waals surface area contributed by atoms with E-state index < -0.39 is 5.91 Å². The Hall–Kier alpha value is -3.38. The molecule has 1 atom stereocenters. The highest BCUT2D eigenvalue weighted by Crippen LogP contribution is 2.35. The van der Waals surface area contributed by atoms with Crippen molar-refractivity contribution in [3.05, 3.63) is 98.4 Å². The molecule has 0 radical (unpaired) electrons. The average Bonchev–Trinajstić information content (AvgIpc) is 2.83. The Morgan fingerprint density at radius 2 is 1.85 bits per heavy atom. The van der Waals surface area contributed by atoms with Crippen LogP contribution in [-0.4, -0.2) is 12.5 Å². The molecule has 3 rings (SSSR count). The van der Waals surface area contributed by atoms with E-state index in [9.17, 15) is 14.4 Å². The van der Waals surface area contributed by atoms with Crippen LogP contribution >= 0.6 is 22.6 Å². The van der Waals surface area contributed by atoms with Gasteiger partial charge in [-0.1, -0.05) is 48.5 Å². The lowest BCUT2D eigenvalue weighted by atomic mass is 10.1. The molecule has 0 saturated heterocycles. The molecule has 34 heavy (non-hydrogen) atoms. The molecule has 0 aliphatic heterocycles. The number of rotatable bonds is 9. The second-order valence-electron chi connectivity index (χ2n) is 7.42. The topological polar surface area (TPSA) is 71.3 Å². The summed E-state index contributed by atoms with van der Waals surface area (Å²) in [5.41, 5.74) is 1.96. The van der Waals surface area contributed by atoms with Gasteiger partial charge in [-0.2, -0.15) is 5.26 Å². The largest absolute Gasteiger partial charge is 0.490 e. The van der Waals surface area contributed by atoms with Crippen LogP contribution in [0.25, 0.3) is 6.08 Å². The van der Waals surface area contributed by atoms with Crippen molar-refractivity contribution in [2.75, 3.05) is 6.61 Å². The molecule has 0 spiro atoms. The molecular weight excluding hydrogens is 546 g/mol. The predicted molar refractivity (Wildman–Crippen MR) is 138 cm³/mol. The summed E-state index contributed by atoms with van der Waals surface area (Å²) in [6, 6.07) is 21.1. The lowest BCUT2D eigenvalue weighted by molar-refractivity contribution is -0.117. The van der Waals surface area contributed by atoms with Gasteiger partial charge < -0.3 is 14.8 Å². The minimum Gasteiger partial charge on any atom is -0.490 e. The summed E-state index contributed by atoms with van der Waals surface area (Å²) in [4.78, 5) is 12.7. The van der Waals surface area contributed by atoms with Gasteiger partial charge in [-0.05, 0) is 71.8 Å². The summed E-state index contributed by atoms with van der Waals surface area (Å²) in [5, 5.41) is 12.5. The quantitative estimate of drug-likeness (QED) is 0.189. The van der Waals surface area contributed by atoms with Crippen molar-refractivity contribution in [1.82, 2.24) is 5.32 Å². The van der Waals surface area contributed by atoms with Gasteiger partial charge in [0, 0.05) is 5.56 Å². The first-order valence-corrected chi connectivity index (χ1v) is 11.8. The van der Waals surface area contributed by atoms with Crippen LogP contribution in [0.2, 0.25) is 0 Å². The van der Waals surface area contributed by atoms with Gasteiger partial charge in [-0.15, -0.1) is 0 Å². The Kier molecular flexibility index (Phi) is 9.05. The van der Waals surface area contributed by atoms with Crippen molar-refractivity contribution < 1.29 is 18.7 Å². The molecule has 5 nitrogen and oxygen atoms in total. The smallest absolute Gasteiger partial charge is 0.262 e. The Morgan fingerprint density at radius 1 is 1.15 bits per heavy atom. The lowest BCUT2D eigenvalue weighted by Gasteiger charge is -2.16. The van der Waals surface area contributed by atoms with E-state index in [1.807, 2.05) is 50.2 Å². The van der Waals surface area contributed by atoms with Gasteiger partial charge in [0.25, 0.3) is 5.91 Å². The Bertz CT molecular complexity index is 1220. The predicted octanol–water partition coefficient (Wildman–Crippen LogP) is 6.19. The number of hydrogen-bond acceptors (Lipinski definition) is 4. The zero-order valence-corrected chi connectivity index (χ0v) is 21.0. The molecule has 0 aromatic heterocycles. The van der Waals surface area contributed by atoms with E-state index in [4.69, 9.17) is 9.47 Å². The third kappa shape index (κ3) is 6.58. The van der Waals surface area contributed by atoms with Crippen LogP contribution in [0.1, 0.15) is 36.6 Å². The maximum absolute atomic E-state index is 14.0. The van der Waals surface area contributed by atoms with Gasteiger partial charge in [-0.25, -0.2) is 4.39 Å². The van der Waals surface area contributed by atoms with Gasteiger partial charge in [0.15, 0.2) is 11.5 Å². The Labute approximate surface area is 212 Å². The summed E-state index contributed by atoms with van der Waals surface area (Å²) >= 11 is 2.10. The molecular formula is C27H24FIN2O3. The number of nitrogens with zero attached hydrogens (tertiary/aromatic N) is 1. The SMILES string of the molecule is CCOc1cc(/C=C(/C#N)C(=O)N[C@@H](C)c2ccccc2)cc(I)c1OCc1ccccc1F. The van der Waals surface area contributed by atoms with Crippen LogP contribution in [0.5, 0.6) is 11.5 Å². The molecule has 3 aromatic rings. The number of nitriles is 1. The van der Waals surface area contributed by atoms with E-state index in [-0.39, 0.29) is 24.0 Å². The molecule has 0 unspecified atom stereocenters. The zero-order chi connectivity index (χ0) is 24.5. The number of halogens is 2. The van der Waals surface area contributed by atoms with Gasteiger partial charge in [0.2, 0.25) is 0 Å². The molecule has 0 aliphatic rings. The fraction of sp³-hybridized carbons (Fsp3) is 0.185. The number of nitrogens with one attached hydrogen (secondary N) is 1. The van der Waals surface area contributed by atoms with Crippen molar-refractivity contribution in [3.8, 4) is 17.6 Å². The number of ether oxygens (including phenoxy) is 2. The number of carbonyl (C=O) groups is 1. The summed E-state index contributed by atoms with van der Waals surface area (Å²) in [5.74, 6) is 0.118. The van der Waals surface area contributed by atoms with E-state index in [1.165, 1.54) is 12.1 Å². The van der Waals surface area contributed by atoms with Gasteiger partial charge in [0.1, 0.15) is 24.1 Å². The Balaban J connectivity index is 1.83. The summed E-state index contributed by atoms with van der Waals surface area (Å²) in [6.45, 7) is 4.13. The van der Waals surface area contributed by atoms with E-state index in [0.29, 0.717) is 32.8 Å². The Morgan fingerprint density at radius 3 is 2.53 bits per heavy atom. The van der Waals surface area contributed by atoms with Crippen molar-refractivity contribution in [1.29, 1.82) is 5.26 Å². The molecule has 0 heterocycles. The van der Waals surface area contributed by atoms with E-state index in [2.05, 4.69) is 27.9 Å². The van der Waals surface area contributed by atoms with E-state index in [1.54, 1.807) is 30.3 Å². The minimum atomic E-state index is -0.466. The van der Waals surface area contributed by atoms with Crippen LogP contribution in [0.3, 0.4) is 0 Å². The molecule has 7 heteroatoms. The first-order valence-electron chi connectivity index (χ1n) is 10.7. The van der Waals surface area contributed by atoms with Gasteiger partial charge in [0.05, 0.1) is 16.2 Å². The minimum absolute atomic E-state index is 0.0268. The molecule has 174 valence electrons. The average molecular weight is 570 g/mol. The fourth-order valence-corrected chi connectivity index (χ4v) is 4.04. The van der Waals surface area contributed by atoms with Crippen molar-refractivity contribution in [2.24, 2.45) is 0 Å². The number of carbonyl (C=O) groups excluding carboxylic acids is 1. The van der Waals surface area contributed by atoms with Crippen LogP contribution in [0.15, 0.2) is 72.3 Å². The van der Waals surface area contributed by atoms with Crippen molar-refractivity contribution in [3.63, 3.8) is 0 Å². The number of hydrogen-bond donors (Lipinski definition) is 1. The van der Waals surface area contributed by atoms with Crippen LogP contribution < -0.4 is 14.8 Å². The first kappa shape index (κ1) is 25.2. The fourth-order valence-electron chi connectivity index (χ4n) is 3.25. The van der Waals surface area contributed by atoms with Gasteiger partial charge >= 0.3 is 0 Å². The molecule has 0 bridgehead atoms. The normalized spacial score (nSPS) is 11.9. The van der Waals surface area contributed by atoms with E-state index >= 15 is 0 Å². The highest BCUT2D eigenvalue weighted by molar-refractivity contribution is 14.1. The maximum atomic E-state index is 14.0. The molecule has 0 saturated carbocycles. The molecule has 3 aromatic carbocycles. The summed E-state index contributed by atoms with van der Waals surface area (Å²) in [6.07, 6.45) is 1.51. The molecule has 0 aliphatic carbocycles. The highest BCUT2D eigenvalue weighted by Gasteiger charge is 2.16. The second-order valence-corrected chi connectivity index (χ2v) is 8.58. The molecule has 1 N–H and O–H groups in total. The highest BCUT2D eigenvalue weighted by atomic mass is 127. The van der Waals surface area contributed by atoms with Crippen LogP contribution in [0, 0.1) is 20.7 Å². The lowest BCUT2D eigenvalue weighted by Crippen LogP contribution is -2.27. The van der Waals surface area contributed by atoms with E-state index in [0.717, 1.165) is 5.56 Å². The van der Waals surface area contributed by atoms with Crippen molar-refractivity contribution >= 4 is 34.6 Å². The number of amides is 1. The standard InChI is InChI=1S/C27H24FIN2O3/c1-3-33-25-15-19(14-24(29)26(25)34-17-21-11-7-8-12-23(21)28)13-22(16-30)27(32)31-18(2)20-9-5-4-6-10-20/h4-15,18H,3,17H2,1-2H3,(H,31,32)/b22-13-/t18-/m0/s1. The van der Waals surface area contributed by atoms with Gasteiger partial charge in [-0.3, -0.25) is 4.79 Å². The third-order valence-electron chi connectivity index (χ3n) is 4.98. The maximum Gasteiger partial charge on any atom is 0.262 e. The van der Waals surface area contributed by atoms with Crippen molar-refractivity contribution in [2.45, 2.75) is 26.5 Å². The summed E-state index contributed by atoms with van der Waals surface area (Å²) in [7, 11) is 0. The zero-order valence-electron chi connectivity index (χ0n) is 18.8. The first-order chi connectivity index (χ1) is 16.4. The second kappa shape index (κ2) is 12.2.